The first-order valence-electron chi connectivity index (χ1n) is 11.9. The van der Waals surface area contributed by atoms with E-state index < -0.39 is 12.0 Å². The second-order valence-corrected chi connectivity index (χ2v) is 10.6. The van der Waals surface area contributed by atoms with Crippen molar-refractivity contribution in [1.29, 1.82) is 5.26 Å². The van der Waals surface area contributed by atoms with Gasteiger partial charge >= 0.3 is 5.97 Å². The molecule has 8 nitrogen and oxygen atoms in total. The van der Waals surface area contributed by atoms with Gasteiger partial charge in [-0.15, -0.1) is 11.3 Å². The van der Waals surface area contributed by atoms with Crippen LogP contribution in [-0.4, -0.2) is 24.8 Å². The van der Waals surface area contributed by atoms with E-state index in [0.717, 1.165) is 16.0 Å². The van der Waals surface area contributed by atoms with E-state index in [1.807, 2.05) is 35.7 Å². The summed E-state index contributed by atoms with van der Waals surface area (Å²) in [6.45, 7) is 2.07. The molecule has 1 aliphatic rings. The molecule has 0 saturated carbocycles. The first-order chi connectivity index (χ1) is 18.9. The number of thiazole rings is 1. The van der Waals surface area contributed by atoms with Gasteiger partial charge < -0.3 is 14.2 Å². The van der Waals surface area contributed by atoms with Crippen LogP contribution in [0.2, 0.25) is 0 Å². The Morgan fingerprint density at radius 3 is 2.62 bits per heavy atom. The Labute approximate surface area is 232 Å². The maximum absolute atomic E-state index is 13.6. The predicted octanol–water partition coefficient (Wildman–Crippen LogP) is 3.93. The number of methoxy groups -OCH3 is 2. The Morgan fingerprint density at radius 2 is 1.95 bits per heavy atom. The van der Waals surface area contributed by atoms with Gasteiger partial charge in [0.1, 0.15) is 12.6 Å². The number of nitriles is 1. The third kappa shape index (κ3) is 5.14. The quantitative estimate of drug-likeness (QED) is 0.319. The van der Waals surface area contributed by atoms with E-state index in [2.05, 4.69) is 11.1 Å². The van der Waals surface area contributed by atoms with Gasteiger partial charge in [-0.1, -0.05) is 35.6 Å². The second kappa shape index (κ2) is 11.1. The molecule has 2 aromatic heterocycles. The molecule has 196 valence electrons. The van der Waals surface area contributed by atoms with Crippen LogP contribution in [0.25, 0.3) is 6.08 Å². The molecule has 1 aliphatic heterocycles. The number of thiophene rings is 1. The number of allylic oxidation sites excluding steroid dienone is 1. The number of rotatable bonds is 7. The highest BCUT2D eigenvalue weighted by molar-refractivity contribution is 7.10. The molecule has 1 atom stereocenters. The van der Waals surface area contributed by atoms with Crippen molar-refractivity contribution in [2.45, 2.75) is 19.6 Å². The highest BCUT2D eigenvalue weighted by Crippen LogP contribution is 2.33. The normalized spacial score (nSPS) is 14.8. The molecule has 0 N–H and O–H groups in total. The summed E-state index contributed by atoms with van der Waals surface area (Å²) in [5.74, 6) is 0.562. The monoisotopic (exact) mass is 557 g/mol. The highest BCUT2D eigenvalue weighted by Gasteiger charge is 2.33. The van der Waals surface area contributed by atoms with Crippen molar-refractivity contribution < 1.29 is 19.0 Å². The lowest BCUT2D eigenvalue weighted by atomic mass is 10.0. The zero-order chi connectivity index (χ0) is 27.5. The van der Waals surface area contributed by atoms with Crippen LogP contribution in [0.5, 0.6) is 11.5 Å². The number of carbonyl (C=O) groups is 1. The van der Waals surface area contributed by atoms with Crippen LogP contribution < -0.4 is 24.4 Å². The van der Waals surface area contributed by atoms with E-state index >= 15 is 0 Å². The van der Waals surface area contributed by atoms with Crippen molar-refractivity contribution in [2.75, 3.05) is 14.2 Å². The van der Waals surface area contributed by atoms with Gasteiger partial charge in [0, 0.05) is 4.88 Å². The maximum atomic E-state index is 13.6. The Kier molecular flexibility index (Phi) is 7.45. The molecule has 2 aromatic carbocycles. The molecule has 39 heavy (non-hydrogen) atoms. The van der Waals surface area contributed by atoms with E-state index in [0.29, 0.717) is 44.3 Å². The fourth-order valence-electron chi connectivity index (χ4n) is 4.29. The number of aromatic nitrogens is 1. The molecule has 3 heterocycles. The number of ether oxygens (including phenoxy) is 3. The first-order valence-corrected chi connectivity index (χ1v) is 13.6. The number of hydrogen-bond donors (Lipinski definition) is 0. The molecular weight excluding hydrogens is 534 g/mol. The van der Waals surface area contributed by atoms with Gasteiger partial charge in [-0.25, -0.2) is 9.79 Å². The molecule has 0 spiro atoms. The minimum Gasteiger partial charge on any atom is -0.493 e. The number of nitrogens with zero attached hydrogens (tertiary/aromatic N) is 3. The number of benzene rings is 2. The summed E-state index contributed by atoms with van der Waals surface area (Å²) in [6, 6.07) is 17.9. The Bertz CT molecular complexity index is 1790. The van der Waals surface area contributed by atoms with Crippen molar-refractivity contribution in [3.63, 3.8) is 0 Å². The fraction of sp³-hybridized carbons (Fsp3) is 0.172. The lowest BCUT2D eigenvalue weighted by Crippen LogP contribution is -2.39. The summed E-state index contributed by atoms with van der Waals surface area (Å²) in [6.07, 6.45) is 1.78. The molecule has 5 rings (SSSR count). The summed E-state index contributed by atoms with van der Waals surface area (Å²) in [4.78, 5) is 32.3. The Morgan fingerprint density at radius 1 is 1.15 bits per heavy atom. The smallest absolute Gasteiger partial charge is 0.338 e. The van der Waals surface area contributed by atoms with Crippen LogP contribution in [-0.2, 0) is 16.1 Å². The number of esters is 1. The van der Waals surface area contributed by atoms with Crippen molar-refractivity contribution in [1.82, 2.24) is 4.57 Å². The van der Waals surface area contributed by atoms with Crippen LogP contribution in [0.3, 0.4) is 0 Å². The standard InChI is InChI=1S/C29H23N3O5S2/c1-17-25(28(34)36-3)26(23-5-4-12-38-23)32-27(33)24(39-29(32)31-17)14-20-10-11-21(22(13-20)35-2)37-16-19-8-6-18(15-30)7-9-19/h4-14,26H,16H2,1-3H3. The second-order valence-electron chi connectivity index (χ2n) is 8.60. The first kappa shape index (κ1) is 26.2. The van der Waals surface area contributed by atoms with Gasteiger partial charge in [-0.05, 0) is 59.8 Å². The molecule has 0 saturated heterocycles. The zero-order valence-corrected chi connectivity index (χ0v) is 23.0. The van der Waals surface area contributed by atoms with Crippen LogP contribution in [0.15, 0.2) is 81.0 Å². The molecule has 0 bridgehead atoms. The minimum atomic E-state index is -0.608. The third-order valence-electron chi connectivity index (χ3n) is 6.20. The molecule has 0 amide bonds. The van der Waals surface area contributed by atoms with Gasteiger partial charge in [0.2, 0.25) is 0 Å². The van der Waals surface area contributed by atoms with Gasteiger partial charge in [-0.3, -0.25) is 9.36 Å². The van der Waals surface area contributed by atoms with Crippen LogP contribution >= 0.6 is 22.7 Å². The third-order valence-corrected chi connectivity index (χ3v) is 8.11. The van der Waals surface area contributed by atoms with Gasteiger partial charge in [-0.2, -0.15) is 5.26 Å². The van der Waals surface area contributed by atoms with E-state index in [1.165, 1.54) is 29.8 Å². The topological polar surface area (TPSA) is 103 Å². The zero-order valence-electron chi connectivity index (χ0n) is 21.3. The van der Waals surface area contributed by atoms with Crippen molar-refractivity contribution in [2.24, 2.45) is 4.99 Å². The fourth-order valence-corrected chi connectivity index (χ4v) is 6.16. The maximum Gasteiger partial charge on any atom is 0.338 e. The summed E-state index contributed by atoms with van der Waals surface area (Å²) < 4.78 is 18.6. The van der Waals surface area contributed by atoms with Crippen molar-refractivity contribution >= 4 is 34.7 Å². The van der Waals surface area contributed by atoms with E-state index in [9.17, 15) is 9.59 Å². The molecule has 0 fully saturated rings. The number of hydrogen-bond acceptors (Lipinski definition) is 9. The number of fused-ring (bicyclic) bond motifs is 1. The molecule has 1 unspecified atom stereocenters. The molecule has 4 aromatic rings. The van der Waals surface area contributed by atoms with Crippen LogP contribution in [0.4, 0.5) is 0 Å². The van der Waals surface area contributed by atoms with Crippen LogP contribution in [0, 0.1) is 11.3 Å². The summed E-state index contributed by atoms with van der Waals surface area (Å²) >= 11 is 2.73. The van der Waals surface area contributed by atoms with E-state index in [1.54, 1.807) is 48.9 Å². The highest BCUT2D eigenvalue weighted by atomic mass is 32.1. The molecule has 0 aliphatic carbocycles. The average molecular weight is 558 g/mol. The summed E-state index contributed by atoms with van der Waals surface area (Å²) in [5.41, 5.74) is 2.89. The molecular formula is C29H23N3O5S2. The van der Waals surface area contributed by atoms with E-state index in [4.69, 9.17) is 19.5 Å². The minimum absolute atomic E-state index is 0.244. The van der Waals surface area contributed by atoms with Gasteiger partial charge in [0.15, 0.2) is 16.3 Å². The Balaban J connectivity index is 1.49. The summed E-state index contributed by atoms with van der Waals surface area (Å²) in [5, 5.41) is 10.9. The van der Waals surface area contributed by atoms with Crippen molar-refractivity contribution in [3.05, 3.63) is 113 Å². The Hall–Kier alpha value is -4.46. The number of carbonyl (C=O) groups excluding carboxylic acids is 1. The summed E-state index contributed by atoms with van der Waals surface area (Å²) in [7, 11) is 2.88. The van der Waals surface area contributed by atoms with Crippen LogP contribution in [0.1, 0.15) is 34.5 Å². The SMILES string of the molecule is COC(=O)C1=C(C)N=c2sc(=Cc3ccc(OCc4ccc(C#N)cc4)c(OC)c3)c(=O)n2C1c1cccs1. The predicted molar refractivity (Wildman–Crippen MR) is 149 cm³/mol. The molecule has 0 radical (unpaired) electrons. The van der Waals surface area contributed by atoms with Gasteiger partial charge in [0.25, 0.3) is 5.56 Å². The van der Waals surface area contributed by atoms with Crippen molar-refractivity contribution in [3.8, 4) is 17.6 Å². The van der Waals surface area contributed by atoms with Gasteiger partial charge in [0.05, 0.1) is 41.7 Å². The lowest BCUT2D eigenvalue weighted by Gasteiger charge is -2.22. The largest absolute Gasteiger partial charge is 0.493 e. The van der Waals surface area contributed by atoms with E-state index in [-0.39, 0.29) is 5.56 Å². The lowest BCUT2D eigenvalue weighted by molar-refractivity contribution is -0.136. The average Bonchev–Trinajstić information content (AvgIpc) is 3.60. The molecule has 10 heteroatoms.